The molecule has 0 aliphatic carbocycles. The first-order valence-corrected chi connectivity index (χ1v) is 21.0. The van der Waals surface area contributed by atoms with E-state index < -0.39 is 0 Å². The highest BCUT2D eigenvalue weighted by molar-refractivity contribution is 6.20. The fourth-order valence-corrected chi connectivity index (χ4v) is 10.0. The highest BCUT2D eigenvalue weighted by atomic mass is 15.0. The van der Waals surface area contributed by atoms with Crippen LogP contribution in [0.5, 0.6) is 0 Å². The smallest absolute Gasteiger partial charge is 0.0562 e. The molecule has 0 fully saturated rings. The van der Waals surface area contributed by atoms with Crippen molar-refractivity contribution in [2.75, 3.05) is 0 Å². The molecule has 61 heavy (non-hydrogen) atoms. The number of hydrogen-bond donors (Lipinski definition) is 0. The molecule has 3 nitrogen and oxygen atoms in total. The number of hydrogen-bond acceptors (Lipinski definition) is 0. The van der Waals surface area contributed by atoms with Gasteiger partial charge in [-0.05, 0) is 107 Å². The van der Waals surface area contributed by atoms with Gasteiger partial charge in [0, 0.05) is 49.1 Å². The molecule has 0 aliphatic heterocycles. The fourth-order valence-electron chi connectivity index (χ4n) is 10.0. The van der Waals surface area contributed by atoms with Crippen LogP contribution in [-0.4, -0.2) is 13.7 Å². The van der Waals surface area contributed by atoms with Crippen LogP contribution in [0.4, 0.5) is 0 Å². The molecule has 0 unspecified atom stereocenters. The second-order valence-corrected chi connectivity index (χ2v) is 16.1. The van der Waals surface area contributed by atoms with Gasteiger partial charge in [-0.1, -0.05) is 146 Å². The van der Waals surface area contributed by atoms with Crippen molar-refractivity contribution >= 4 is 76.2 Å². The van der Waals surface area contributed by atoms with Crippen LogP contribution in [-0.2, 0) is 0 Å². The molecule has 0 radical (unpaired) electrons. The molecule has 0 atom stereocenters. The van der Waals surface area contributed by atoms with Gasteiger partial charge in [-0.15, -0.1) is 0 Å². The quantitative estimate of drug-likeness (QED) is 0.165. The molecular weight excluding hydrogens is 739 g/mol. The summed E-state index contributed by atoms with van der Waals surface area (Å²) in [5.74, 6) is 0. The van der Waals surface area contributed by atoms with Crippen molar-refractivity contribution in [2.24, 2.45) is 0 Å². The number of fused-ring (bicyclic) bond motifs is 10. The van der Waals surface area contributed by atoms with Crippen molar-refractivity contribution in [2.45, 2.75) is 0 Å². The minimum Gasteiger partial charge on any atom is -0.309 e. The van der Waals surface area contributed by atoms with E-state index >= 15 is 0 Å². The predicted octanol–water partition coefficient (Wildman–Crippen LogP) is 15.5. The summed E-state index contributed by atoms with van der Waals surface area (Å²) in [5, 5.41) is 9.92. The van der Waals surface area contributed by atoms with Crippen LogP contribution in [0, 0.1) is 0 Å². The fraction of sp³-hybridized carbons (Fsp3) is 0. The summed E-state index contributed by atoms with van der Waals surface area (Å²) in [6.45, 7) is 0. The summed E-state index contributed by atoms with van der Waals surface area (Å²) < 4.78 is 7.32. The lowest BCUT2D eigenvalue weighted by Crippen LogP contribution is -1.97. The molecule has 284 valence electrons. The predicted molar refractivity (Wildman–Crippen MR) is 258 cm³/mol. The molecule has 13 aromatic rings. The van der Waals surface area contributed by atoms with Gasteiger partial charge in [-0.25, -0.2) is 0 Å². The minimum absolute atomic E-state index is 1.14. The zero-order valence-electron chi connectivity index (χ0n) is 33.2. The van der Waals surface area contributed by atoms with Crippen LogP contribution in [0.25, 0.3) is 116 Å². The Labute approximate surface area is 352 Å². The van der Waals surface area contributed by atoms with Crippen molar-refractivity contribution in [1.29, 1.82) is 0 Å². The van der Waals surface area contributed by atoms with Gasteiger partial charge in [0.05, 0.1) is 38.8 Å². The second kappa shape index (κ2) is 13.2. The highest BCUT2D eigenvalue weighted by Crippen LogP contribution is 2.43. The molecule has 0 saturated heterocycles. The standard InChI is InChI=1S/C58H37N3/c1-3-14-38(15-4-1)39-26-30-44(31-27-39)60-54-24-12-10-22-47(54)50-36-51-49-35-42(29-33-56(49)61(58(51)37-57(50)60)52-25-13-17-40-16-7-8-20-45(40)52)41-28-32-55-48(34-41)46-21-9-11-23-53(46)59(55)43-18-5-2-6-19-43/h1-37H. The van der Waals surface area contributed by atoms with Crippen molar-refractivity contribution in [3.8, 4) is 39.3 Å². The maximum atomic E-state index is 2.49. The lowest BCUT2D eigenvalue weighted by atomic mass is 10.00. The second-order valence-electron chi connectivity index (χ2n) is 16.1. The zero-order valence-corrected chi connectivity index (χ0v) is 33.2. The molecule has 3 heteroatoms. The van der Waals surface area contributed by atoms with Gasteiger partial charge < -0.3 is 13.7 Å². The Hall–Kier alpha value is -8.14. The van der Waals surface area contributed by atoms with E-state index in [-0.39, 0.29) is 0 Å². The van der Waals surface area contributed by atoms with Crippen molar-refractivity contribution < 1.29 is 0 Å². The monoisotopic (exact) mass is 775 g/mol. The summed E-state index contributed by atoms with van der Waals surface area (Å²) in [4.78, 5) is 0. The first-order valence-electron chi connectivity index (χ1n) is 21.0. The van der Waals surface area contributed by atoms with Crippen molar-refractivity contribution in [3.63, 3.8) is 0 Å². The Morgan fingerprint density at radius 1 is 0.213 bits per heavy atom. The Bertz CT molecular complexity index is 3840. The number of nitrogens with zero attached hydrogens (tertiary/aromatic N) is 3. The van der Waals surface area contributed by atoms with E-state index in [1.165, 1.54) is 110 Å². The first-order chi connectivity index (χ1) is 30.3. The van der Waals surface area contributed by atoms with E-state index in [0.29, 0.717) is 0 Å². The lowest BCUT2D eigenvalue weighted by molar-refractivity contribution is 1.17. The Morgan fingerprint density at radius 2 is 0.656 bits per heavy atom. The van der Waals surface area contributed by atoms with E-state index in [0.717, 1.165) is 5.69 Å². The highest BCUT2D eigenvalue weighted by Gasteiger charge is 2.21. The first kappa shape index (κ1) is 33.8. The summed E-state index contributed by atoms with van der Waals surface area (Å²) in [5.41, 5.74) is 15.5. The number of benzene rings is 10. The van der Waals surface area contributed by atoms with Gasteiger partial charge in [0.25, 0.3) is 0 Å². The number of para-hydroxylation sites is 3. The third kappa shape index (κ3) is 5.11. The van der Waals surface area contributed by atoms with Gasteiger partial charge in [0.1, 0.15) is 0 Å². The molecule has 3 heterocycles. The van der Waals surface area contributed by atoms with E-state index in [4.69, 9.17) is 0 Å². The largest absolute Gasteiger partial charge is 0.309 e. The maximum Gasteiger partial charge on any atom is 0.0562 e. The molecule has 0 saturated carbocycles. The van der Waals surface area contributed by atoms with E-state index in [9.17, 15) is 0 Å². The summed E-state index contributed by atoms with van der Waals surface area (Å²) in [7, 11) is 0. The van der Waals surface area contributed by atoms with Crippen molar-refractivity contribution in [1.82, 2.24) is 13.7 Å². The summed E-state index contributed by atoms with van der Waals surface area (Å²) in [6, 6.07) is 82.3. The SMILES string of the molecule is c1ccc(-c2ccc(-n3c4ccccc4c4cc5c6cc(-c7ccc8c(c7)c7ccccc7n8-c7ccccc7)ccc6n(-c6cccc7ccccc67)c5cc43)cc2)cc1. The molecule has 0 aliphatic rings. The third-order valence-electron chi connectivity index (χ3n) is 12.8. The molecule has 0 bridgehead atoms. The number of aromatic nitrogens is 3. The van der Waals surface area contributed by atoms with Crippen LogP contribution in [0.1, 0.15) is 0 Å². The molecular formula is C58H37N3. The zero-order chi connectivity index (χ0) is 40.0. The third-order valence-corrected chi connectivity index (χ3v) is 12.8. The average molecular weight is 776 g/mol. The minimum atomic E-state index is 1.14. The Balaban J connectivity index is 1.07. The topological polar surface area (TPSA) is 14.8 Å². The molecule has 0 spiro atoms. The summed E-state index contributed by atoms with van der Waals surface area (Å²) in [6.07, 6.45) is 0. The molecule has 0 N–H and O–H groups in total. The molecule has 0 amide bonds. The van der Waals surface area contributed by atoms with Gasteiger partial charge >= 0.3 is 0 Å². The molecule has 10 aromatic carbocycles. The van der Waals surface area contributed by atoms with Gasteiger partial charge in [0.15, 0.2) is 0 Å². The van der Waals surface area contributed by atoms with E-state index in [1.807, 2.05) is 0 Å². The maximum absolute atomic E-state index is 2.49. The Morgan fingerprint density at radius 3 is 1.36 bits per heavy atom. The van der Waals surface area contributed by atoms with Crippen LogP contribution in [0.2, 0.25) is 0 Å². The Kier molecular flexibility index (Phi) is 7.31. The molecule has 3 aromatic heterocycles. The van der Waals surface area contributed by atoms with Crippen LogP contribution in [0.3, 0.4) is 0 Å². The van der Waals surface area contributed by atoms with Crippen LogP contribution in [0.15, 0.2) is 224 Å². The average Bonchev–Trinajstić information content (AvgIpc) is 3.96. The van der Waals surface area contributed by atoms with Crippen molar-refractivity contribution in [3.05, 3.63) is 224 Å². The van der Waals surface area contributed by atoms with E-state index in [2.05, 4.69) is 238 Å². The molecule has 13 rings (SSSR count). The van der Waals surface area contributed by atoms with Gasteiger partial charge in [0.2, 0.25) is 0 Å². The van der Waals surface area contributed by atoms with Crippen LogP contribution < -0.4 is 0 Å². The lowest BCUT2D eigenvalue weighted by Gasteiger charge is -2.13. The van der Waals surface area contributed by atoms with Crippen LogP contribution >= 0.6 is 0 Å². The number of rotatable bonds is 5. The van der Waals surface area contributed by atoms with Gasteiger partial charge in [-0.2, -0.15) is 0 Å². The summed E-state index contributed by atoms with van der Waals surface area (Å²) >= 11 is 0. The van der Waals surface area contributed by atoms with E-state index in [1.54, 1.807) is 0 Å². The van der Waals surface area contributed by atoms with Gasteiger partial charge in [-0.3, -0.25) is 0 Å². The normalized spacial score (nSPS) is 11.9.